The Labute approximate surface area is 111 Å². The van der Waals surface area contributed by atoms with Gasteiger partial charge < -0.3 is 10.2 Å². The van der Waals surface area contributed by atoms with Gasteiger partial charge in [-0.1, -0.05) is 6.92 Å². The number of carbonyl (C=O) groups excluding carboxylic acids is 1. The molecule has 18 heavy (non-hydrogen) atoms. The van der Waals surface area contributed by atoms with Crippen molar-refractivity contribution in [3.05, 3.63) is 0 Å². The highest BCUT2D eigenvalue weighted by Gasteiger charge is 2.26. The Kier molecular flexibility index (Phi) is 5.04. The lowest BCUT2D eigenvalue weighted by molar-refractivity contribution is -0.135. The maximum Gasteiger partial charge on any atom is 0.222 e. The maximum atomic E-state index is 12.3. The number of rotatable bonds is 3. The Morgan fingerprint density at radius 2 is 2.17 bits per heavy atom. The predicted octanol–water partition coefficient (Wildman–Crippen LogP) is 2.41. The summed E-state index contributed by atoms with van der Waals surface area (Å²) >= 11 is 0. The van der Waals surface area contributed by atoms with Crippen molar-refractivity contribution in [1.29, 1.82) is 0 Å². The number of hydrogen-bond acceptors (Lipinski definition) is 2. The van der Waals surface area contributed by atoms with Crippen molar-refractivity contribution < 1.29 is 4.79 Å². The summed E-state index contributed by atoms with van der Waals surface area (Å²) in [6.07, 6.45) is 6.76. The Hall–Kier alpha value is -0.570. The summed E-state index contributed by atoms with van der Waals surface area (Å²) in [6, 6.07) is 0.450. The Morgan fingerprint density at radius 3 is 2.83 bits per heavy atom. The van der Waals surface area contributed by atoms with Crippen LogP contribution in [0.3, 0.4) is 0 Å². The number of hydrogen-bond donors (Lipinski definition) is 1. The molecule has 2 heterocycles. The third-order valence-electron chi connectivity index (χ3n) is 4.62. The van der Waals surface area contributed by atoms with Crippen molar-refractivity contribution >= 4 is 5.91 Å². The van der Waals surface area contributed by atoms with Gasteiger partial charge in [0.05, 0.1) is 0 Å². The van der Waals surface area contributed by atoms with E-state index in [1.165, 1.54) is 25.7 Å². The molecule has 0 aromatic rings. The summed E-state index contributed by atoms with van der Waals surface area (Å²) in [5.41, 5.74) is 0. The first kappa shape index (κ1) is 13.9. The highest BCUT2D eigenvalue weighted by Crippen LogP contribution is 2.24. The minimum atomic E-state index is 0.389. The fourth-order valence-electron chi connectivity index (χ4n) is 3.42. The van der Waals surface area contributed by atoms with E-state index in [9.17, 15) is 4.79 Å². The Morgan fingerprint density at radius 1 is 1.33 bits per heavy atom. The second-order valence-corrected chi connectivity index (χ2v) is 6.32. The Bertz CT molecular complexity index is 274. The molecule has 1 N–H and O–H groups in total. The van der Waals surface area contributed by atoms with Crippen molar-refractivity contribution in [2.24, 2.45) is 11.8 Å². The number of likely N-dealkylation sites (tertiary alicyclic amines) is 1. The number of nitrogens with one attached hydrogen (secondary N) is 1. The van der Waals surface area contributed by atoms with Crippen molar-refractivity contribution in [2.45, 2.75) is 58.4 Å². The molecule has 2 rings (SSSR count). The van der Waals surface area contributed by atoms with Crippen LogP contribution >= 0.6 is 0 Å². The Balaban J connectivity index is 1.73. The topological polar surface area (TPSA) is 32.3 Å². The number of piperidine rings is 2. The van der Waals surface area contributed by atoms with Crippen LogP contribution in [0.25, 0.3) is 0 Å². The molecule has 0 saturated carbocycles. The minimum absolute atomic E-state index is 0.389. The summed E-state index contributed by atoms with van der Waals surface area (Å²) in [4.78, 5) is 14.4. The molecule has 2 saturated heterocycles. The van der Waals surface area contributed by atoms with Gasteiger partial charge in [0.1, 0.15) is 0 Å². The smallest absolute Gasteiger partial charge is 0.222 e. The molecule has 0 spiro atoms. The van der Waals surface area contributed by atoms with E-state index < -0.39 is 0 Å². The van der Waals surface area contributed by atoms with E-state index >= 15 is 0 Å². The molecule has 1 amide bonds. The van der Waals surface area contributed by atoms with E-state index in [-0.39, 0.29) is 0 Å². The quantitative estimate of drug-likeness (QED) is 0.836. The van der Waals surface area contributed by atoms with Crippen LogP contribution in [0, 0.1) is 11.8 Å². The predicted molar refractivity (Wildman–Crippen MR) is 74.4 cm³/mol. The molecule has 3 heteroatoms. The van der Waals surface area contributed by atoms with Crippen LogP contribution in [0.1, 0.15) is 52.4 Å². The van der Waals surface area contributed by atoms with E-state index in [4.69, 9.17) is 0 Å². The molecule has 2 fully saturated rings. The summed E-state index contributed by atoms with van der Waals surface area (Å²) < 4.78 is 0. The summed E-state index contributed by atoms with van der Waals surface area (Å²) in [5.74, 6) is 1.90. The lowest BCUT2D eigenvalue weighted by Crippen LogP contribution is -2.44. The zero-order chi connectivity index (χ0) is 13.0. The van der Waals surface area contributed by atoms with Crippen LogP contribution in [-0.4, -0.2) is 36.5 Å². The van der Waals surface area contributed by atoms with Crippen LogP contribution in [0.5, 0.6) is 0 Å². The van der Waals surface area contributed by atoms with Gasteiger partial charge in [0.2, 0.25) is 5.91 Å². The van der Waals surface area contributed by atoms with E-state index in [0.29, 0.717) is 11.9 Å². The third kappa shape index (κ3) is 3.71. The SMILES string of the molecule is CC1CCN(C(=O)CCC2CCCNC2)C(C)C1. The van der Waals surface area contributed by atoms with Gasteiger partial charge in [-0.05, 0) is 64.0 Å². The standard InChI is InChI=1S/C15H28N2O/c1-12-7-9-17(13(2)10-12)15(18)6-5-14-4-3-8-16-11-14/h12-14,16H,3-11H2,1-2H3. The molecule has 0 radical (unpaired) electrons. The first-order chi connectivity index (χ1) is 8.66. The van der Waals surface area contributed by atoms with Gasteiger partial charge in [-0.25, -0.2) is 0 Å². The molecular weight excluding hydrogens is 224 g/mol. The van der Waals surface area contributed by atoms with Crippen LogP contribution in [-0.2, 0) is 4.79 Å². The van der Waals surface area contributed by atoms with Gasteiger partial charge >= 0.3 is 0 Å². The van der Waals surface area contributed by atoms with Gasteiger partial charge in [0, 0.05) is 19.0 Å². The van der Waals surface area contributed by atoms with Crippen LogP contribution in [0.4, 0.5) is 0 Å². The molecular formula is C15H28N2O. The number of nitrogens with zero attached hydrogens (tertiary/aromatic N) is 1. The first-order valence-corrected chi connectivity index (χ1v) is 7.67. The van der Waals surface area contributed by atoms with E-state index in [1.54, 1.807) is 0 Å². The average molecular weight is 252 g/mol. The molecule has 0 bridgehead atoms. The molecule has 0 aromatic carbocycles. The normalized spacial score (nSPS) is 33.4. The zero-order valence-corrected chi connectivity index (χ0v) is 12.0. The van der Waals surface area contributed by atoms with E-state index in [2.05, 4.69) is 24.1 Å². The summed E-state index contributed by atoms with van der Waals surface area (Å²) in [5, 5.41) is 3.43. The second-order valence-electron chi connectivity index (χ2n) is 6.32. The highest BCUT2D eigenvalue weighted by atomic mass is 16.2. The lowest BCUT2D eigenvalue weighted by atomic mass is 9.91. The summed E-state index contributed by atoms with van der Waals surface area (Å²) in [7, 11) is 0. The maximum absolute atomic E-state index is 12.3. The molecule has 2 aliphatic heterocycles. The average Bonchev–Trinajstić information content (AvgIpc) is 2.37. The minimum Gasteiger partial charge on any atom is -0.340 e. The van der Waals surface area contributed by atoms with Gasteiger partial charge in [0.15, 0.2) is 0 Å². The molecule has 0 aromatic heterocycles. The van der Waals surface area contributed by atoms with E-state index in [1.807, 2.05) is 0 Å². The fourth-order valence-corrected chi connectivity index (χ4v) is 3.42. The molecule has 104 valence electrons. The van der Waals surface area contributed by atoms with Crippen LogP contribution in [0.15, 0.2) is 0 Å². The lowest BCUT2D eigenvalue weighted by Gasteiger charge is -2.37. The van der Waals surface area contributed by atoms with Gasteiger partial charge in [-0.15, -0.1) is 0 Å². The molecule has 3 unspecified atom stereocenters. The second kappa shape index (κ2) is 6.55. The van der Waals surface area contributed by atoms with Gasteiger partial charge in [-0.3, -0.25) is 4.79 Å². The summed E-state index contributed by atoms with van der Waals surface area (Å²) in [6.45, 7) is 7.75. The van der Waals surface area contributed by atoms with Gasteiger partial charge in [-0.2, -0.15) is 0 Å². The van der Waals surface area contributed by atoms with E-state index in [0.717, 1.165) is 44.3 Å². The van der Waals surface area contributed by atoms with Crippen molar-refractivity contribution in [2.75, 3.05) is 19.6 Å². The molecule has 3 atom stereocenters. The number of carbonyl (C=O) groups is 1. The highest BCUT2D eigenvalue weighted by molar-refractivity contribution is 5.76. The van der Waals surface area contributed by atoms with Crippen molar-refractivity contribution in [3.8, 4) is 0 Å². The first-order valence-electron chi connectivity index (χ1n) is 7.67. The van der Waals surface area contributed by atoms with Crippen molar-refractivity contribution in [1.82, 2.24) is 10.2 Å². The number of amides is 1. The van der Waals surface area contributed by atoms with Crippen LogP contribution < -0.4 is 5.32 Å². The fraction of sp³-hybridized carbons (Fsp3) is 0.933. The molecule has 2 aliphatic rings. The van der Waals surface area contributed by atoms with Gasteiger partial charge in [0.25, 0.3) is 0 Å². The zero-order valence-electron chi connectivity index (χ0n) is 12.0. The monoisotopic (exact) mass is 252 g/mol. The largest absolute Gasteiger partial charge is 0.340 e. The third-order valence-corrected chi connectivity index (χ3v) is 4.62. The van der Waals surface area contributed by atoms with Crippen LogP contribution in [0.2, 0.25) is 0 Å². The van der Waals surface area contributed by atoms with Crippen molar-refractivity contribution in [3.63, 3.8) is 0 Å². The molecule has 3 nitrogen and oxygen atoms in total. The molecule has 0 aliphatic carbocycles.